The normalized spacial score (nSPS) is 14.6. The lowest BCUT2D eigenvalue weighted by Gasteiger charge is -2.31. The summed E-state index contributed by atoms with van der Waals surface area (Å²) in [5.41, 5.74) is -2.06. The van der Waals surface area contributed by atoms with Crippen molar-refractivity contribution in [3.05, 3.63) is 52.0 Å². The van der Waals surface area contributed by atoms with Crippen molar-refractivity contribution in [1.29, 1.82) is 0 Å². The summed E-state index contributed by atoms with van der Waals surface area (Å²) in [6.07, 6.45) is 1.47. The lowest BCUT2D eigenvalue weighted by Crippen LogP contribution is -2.60. The number of rotatable bonds is 16. The maximum Gasteiger partial charge on any atom is 0.404 e. The monoisotopic (exact) mass is 722 g/mol. The van der Waals surface area contributed by atoms with E-state index in [1.807, 2.05) is 22.6 Å². The fourth-order valence-corrected chi connectivity index (χ4v) is 5.07. The summed E-state index contributed by atoms with van der Waals surface area (Å²) in [6.45, 7) is 2.73. The molecule has 3 amide bonds. The van der Waals surface area contributed by atoms with E-state index in [1.54, 1.807) is 37.3 Å². The molecule has 1 aromatic heterocycles. The summed E-state index contributed by atoms with van der Waals surface area (Å²) in [5, 5.41) is 8.48. The molecule has 1 heterocycles. The molecule has 1 aromatic carbocycles. The number of nitrogens with zero attached hydrogens (tertiary/aromatic N) is 1. The number of amides is 3. The topological polar surface area (TPSA) is 162 Å². The highest BCUT2D eigenvalue weighted by Gasteiger charge is 2.42. The van der Waals surface area contributed by atoms with Crippen LogP contribution in [0.4, 0.5) is 4.79 Å². The predicted octanol–water partition coefficient (Wildman–Crippen LogP) is 2.19. The van der Waals surface area contributed by atoms with E-state index in [-0.39, 0.29) is 24.1 Å². The molecule has 0 bridgehead atoms. The van der Waals surface area contributed by atoms with Gasteiger partial charge < -0.3 is 30.2 Å². The second-order valence-corrected chi connectivity index (χ2v) is 11.4. The van der Waals surface area contributed by atoms with Crippen LogP contribution in [0.3, 0.4) is 0 Å². The maximum atomic E-state index is 13.6. The number of hydrogen-bond donors (Lipinski definition) is 3. The van der Waals surface area contributed by atoms with E-state index < -0.39 is 52.7 Å². The van der Waals surface area contributed by atoms with Gasteiger partial charge in [-0.25, -0.2) is 9.78 Å². The molecule has 3 N–H and O–H groups in total. The average Bonchev–Trinajstić information content (AvgIpc) is 3.38. The minimum atomic E-state index is -1.63. The fourth-order valence-electron chi connectivity index (χ4n) is 3.69. The molecule has 0 unspecified atom stereocenters. The molecule has 15 heteroatoms. The first kappa shape index (κ1) is 34.5. The molecule has 2 aromatic rings. The second-order valence-electron chi connectivity index (χ2n) is 9.06. The summed E-state index contributed by atoms with van der Waals surface area (Å²) in [4.78, 5) is 68.6. The minimum Gasteiger partial charge on any atom is -0.438 e. The number of carbonyl (C=O) groups excluding carboxylic acids is 5. The van der Waals surface area contributed by atoms with Gasteiger partial charge in [-0.3, -0.25) is 19.2 Å². The molecule has 41 heavy (non-hydrogen) atoms. The van der Waals surface area contributed by atoms with Crippen molar-refractivity contribution in [1.82, 2.24) is 20.9 Å². The highest BCUT2D eigenvalue weighted by molar-refractivity contribution is 14.1. The van der Waals surface area contributed by atoms with Crippen LogP contribution in [0.5, 0.6) is 0 Å². The Morgan fingerprint density at radius 3 is 2.02 bits per heavy atom. The molecular weight excluding hydrogens is 691 g/mol. The number of nitrogens with one attached hydrogen (secondary N) is 3. The molecule has 0 aliphatic rings. The number of halogens is 2. The van der Waals surface area contributed by atoms with Crippen LogP contribution in [-0.4, -0.2) is 89.5 Å². The van der Waals surface area contributed by atoms with Crippen molar-refractivity contribution in [3.63, 3.8) is 0 Å². The minimum absolute atomic E-state index is 0.0686. The van der Waals surface area contributed by atoms with Gasteiger partial charge in [-0.1, -0.05) is 52.9 Å². The van der Waals surface area contributed by atoms with Crippen LogP contribution in [0.2, 0.25) is 0 Å². The smallest absolute Gasteiger partial charge is 0.404 e. The van der Waals surface area contributed by atoms with Crippen LogP contribution in [0, 0.1) is 6.92 Å². The Morgan fingerprint density at radius 1 is 0.976 bits per heavy atom. The number of hydrogen-bond acceptors (Lipinski definition) is 10. The Balaban J connectivity index is 2.26. The average molecular weight is 723 g/mol. The summed E-state index contributed by atoms with van der Waals surface area (Å²) in [7, 11) is 2.70. The van der Waals surface area contributed by atoms with E-state index in [4.69, 9.17) is 25.8 Å². The zero-order chi connectivity index (χ0) is 30.6. The van der Waals surface area contributed by atoms with Crippen molar-refractivity contribution in [3.8, 4) is 0 Å². The predicted molar refractivity (Wildman–Crippen MR) is 160 cm³/mol. The number of benzene rings is 1. The first-order valence-electron chi connectivity index (χ1n) is 12.3. The number of ether oxygens (including phenoxy) is 3. The van der Waals surface area contributed by atoms with Gasteiger partial charge in [0.05, 0.1) is 30.5 Å². The number of ketones is 1. The van der Waals surface area contributed by atoms with Crippen LogP contribution in [0.25, 0.3) is 0 Å². The van der Waals surface area contributed by atoms with Gasteiger partial charge in [0.1, 0.15) is 17.0 Å². The molecule has 0 saturated heterocycles. The Hall–Kier alpha value is -2.66. The number of carbonyl (C=O) groups is 5. The van der Waals surface area contributed by atoms with Gasteiger partial charge in [0.25, 0.3) is 5.91 Å². The molecular formula is C26H32ClIN4O8S. The van der Waals surface area contributed by atoms with E-state index >= 15 is 0 Å². The van der Waals surface area contributed by atoms with E-state index in [0.717, 1.165) is 16.9 Å². The Kier molecular flexibility index (Phi) is 14.1. The number of thiazole rings is 1. The maximum absolute atomic E-state index is 13.6. The third-order valence-corrected chi connectivity index (χ3v) is 8.21. The fraction of sp³-hybridized carbons (Fsp3) is 0.462. The van der Waals surface area contributed by atoms with Crippen molar-refractivity contribution in [2.45, 2.75) is 44.0 Å². The number of methoxy groups -OCH3 is 2. The van der Waals surface area contributed by atoms with Crippen molar-refractivity contribution >= 4 is 74.5 Å². The van der Waals surface area contributed by atoms with Crippen LogP contribution >= 0.6 is 45.5 Å². The van der Waals surface area contributed by atoms with Crippen molar-refractivity contribution < 1.29 is 38.2 Å². The summed E-state index contributed by atoms with van der Waals surface area (Å²) in [6, 6.07) is 5.37. The van der Waals surface area contributed by atoms with Gasteiger partial charge in [-0.05, 0) is 25.8 Å². The quantitative estimate of drug-likeness (QED) is 0.134. The van der Waals surface area contributed by atoms with E-state index in [1.165, 1.54) is 27.3 Å². The molecule has 0 radical (unpaired) electrons. The van der Waals surface area contributed by atoms with Crippen molar-refractivity contribution in [2.75, 3.05) is 31.9 Å². The third-order valence-electron chi connectivity index (χ3n) is 5.76. The first-order valence-corrected chi connectivity index (χ1v) is 15.0. The van der Waals surface area contributed by atoms with Crippen LogP contribution in [0.1, 0.15) is 27.2 Å². The Labute approximate surface area is 260 Å². The molecule has 0 saturated carbocycles. The number of aromatic nitrogens is 1. The molecule has 12 nitrogen and oxygen atoms in total. The number of aryl methyl sites for hydroxylation is 1. The molecule has 0 spiro atoms. The van der Waals surface area contributed by atoms with Gasteiger partial charge in [0.2, 0.25) is 11.8 Å². The van der Waals surface area contributed by atoms with Gasteiger partial charge in [0, 0.05) is 30.2 Å². The summed E-state index contributed by atoms with van der Waals surface area (Å²) < 4.78 is 15.4. The molecule has 224 valence electrons. The van der Waals surface area contributed by atoms with E-state index in [9.17, 15) is 24.0 Å². The lowest BCUT2D eigenvalue weighted by atomic mass is 9.92. The van der Waals surface area contributed by atoms with E-state index in [2.05, 4.69) is 20.9 Å². The van der Waals surface area contributed by atoms with Crippen LogP contribution < -0.4 is 16.0 Å². The van der Waals surface area contributed by atoms with Gasteiger partial charge in [0.15, 0.2) is 11.4 Å². The Bertz CT molecular complexity index is 1220. The molecule has 0 fully saturated rings. The zero-order valence-electron chi connectivity index (χ0n) is 22.9. The Morgan fingerprint density at radius 2 is 1.54 bits per heavy atom. The lowest BCUT2D eigenvalue weighted by molar-refractivity contribution is -0.139. The highest BCUT2D eigenvalue weighted by Crippen LogP contribution is 2.21. The van der Waals surface area contributed by atoms with E-state index in [0.29, 0.717) is 9.88 Å². The second kappa shape index (κ2) is 16.7. The van der Waals surface area contributed by atoms with Gasteiger partial charge in [-0.2, -0.15) is 0 Å². The molecule has 0 aliphatic carbocycles. The van der Waals surface area contributed by atoms with Crippen molar-refractivity contribution in [2.24, 2.45) is 0 Å². The SMILES string of the molecule is COC[C@H](NC(=O)c1cnc(C)s1)C(=O)N[C@@H](COC)C(=O)N[C@@H](Cc1ccccc1)C(=O)[C@@](C)(CI)OC(=O)Cl. The molecule has 0 aliphatic heterocycles. The van der Waals surface area contributed by atoms with Gasteiger partial charge >= 0.3 is 5.43 Å². The number of alkyl halides is 1. The standard InChI is InChI=1S/C26H32ClIN4O8S/c1-15-29-11-20(41-15)24(36)32-19(13-39-4)23(35)31-18(12-38-3)22(34)30-17(10-16-8-6-5-7-9-16)21(33)26(2,14-28)40-25(27)37/h5-9,11,17-19H,10,12-14H2,1-4H3,(H,30,34)(H,31,35)(H,32,36)/t17-,18-,19-,26+/m0/s1. The summed E-state index contributed by atoms with van der Waals surface area (Å²) >= 11 is 8.47. The number of Topliss-reactive ketones (excluding diaryl/α,β-unsaturated/α-hetero) is 1. The largest absolute Gasteiger partial charge is 0.438 e. The van der Waals surface area contributed by atoms with Crippen LogP contribution in [0.15, 0.2) is 36.5 Å². The first-order chi connectivity index (χ1) is 19.4. The van der Waals surface area contributed by atoms with Gasteiger partial charge in [-0.15, -0.1) is 11.3 Å². The molecule has 4 atom stereocenters. The van der Waals surface area contributed by atoms with Crippen LogP contribution in [-0.2, 0) is 35.0 Å². The molecule has 2 rings (SSSR count). The highest BCUT2D eigenvalue weighted by atomic mass is 127. The third kappa shape index (κ3) is 10.6. The zero-order valence-corrected chi connectivity index (χ0v) is 26.6. The summed E-state index contributed by atoms with van der Waals surface area (Å²) in [5.74, 6) is -2.56.